The number of allylic oxidation sites excluding steroid dienone is 2. The van der Waals surface area contributed by atoms with E-state index in [4.69, 9.17) is 0 Å². The van der Waals surface area contributed by atoms with Crippen LogP contribution >= 0.6 is 0 Å². The lowest BCUT2D eigenvalue weighted by Gasteiger charge is -2.27. The van der Waals surface area contributed by atoms with E-state index in [-0.39, 0.29) is 16.9 Å². The van der Waals surface area contributed by atoms with Gasteiger partial charge < -0.3 is 9.88 Å². The van der Waals surface area contributed by atoms with E-state index >= 15 is 0 Å². The molecule has 1 aliphatic heterocycles. The molecule has 2 aliphatic carbocycles. The number of nitrogens with one attached hydrogen (secondary N) is 1. The molecule has 0 aromatic carbocycles. The van der Waals surface area contributed by atoms with Gasteiger partial charge in [-0.05, 0) is 31.1 Å². The first kappa shape index (κ1) is 15.8. The van der Waals surface area contributed by atoms with Crippen molar-refractivity contribution in [2.24, 2.45) is 17.8 Å². The molecule has 1 aromatic heterocycles. The van der Waals surface area contributed by atoms with E-state index in [1.165, 1.54) is 16.8 Å². The monoisotopic (exact) mass is 350 g/mol. The number of hydrogen-bond acceptors (Lipinski definition) is 4. The summed E-state index contributed by atoms with van der Waals surface area (Å²) in [4.78, 5) is 21.2. The summed E-state index contributed by atoms with van der Waals surface area (Å²) >= 11 is 0. The highest BCUT2D eigenvalue weighted by molar-refractivity contribution is 7.89. The van der Waals surface area contributed by atoms with Gasteiger partial charge in [-0.15, -0.1) is 0 Å². The lowest BCUT2D eigenvalue weighted by Crippen LogP contribution is -2.41. The Kier molecular flexibility index (Phi) is 3.96. The Morgan fingerprint density at radius 1 is 1.17 bits per heavy atom. The van der Waals surface area contributed by atoms with Crippen LogP contribution in [0.5, 0.6) is 0 Å². The summed E-state index contributed by atoms with van der Waals surface area (Å²) in [6, 6.07) is 0. The van der Waals surface area contributed by atoms with Crippen molar-refractivity contribution in [3.05, 3.63) is 24.7 Å². The standard InChI is InChI=1S/C16H22N4O3S/c21-16(14-9-12-2-3-13(14)8-12)19-4-1-5-20(7-6-19)24(22,23)15-10-17-11-18-15/h2-3,10-14H,1,4-9H2,(H,17,18). The molecule has 2 bridgehead atoms. The van der Waals surface area contributed by atoms with E-state index in [9.17, 15) is 13.2 Å². The number of amides is 1. The van der Waals surface area contributed by atoms with Crippen LogP contribution in [0.15, 0.2) is 29.7 Å². The smallest absolute Gasteiger partial charge is 0.260 e. The van der Waals surface area contributed by atoms with E-state index in [0.717, 1.165) is 12.8 Å². The molecule has 24 heavy (non-hydrogen) atoms. The fraction of sp³-hybridized carbons (Fsp3) is 0.625. The van der Waals surface area contributed by atoms with Crippen LogP contribution in [-0.4, -0.2) is 59.7 Å². The van der Waals surface area contributed by atoms with Crippen molar-refractivity contribution in [2.75, 3.05) is 26.2 Å². The number of carbonyl (C=O) groups excluding carboxylic acids is 1. The summed E-state index contributed by atoms with van der Waals surface area (Å²) in [6.45, 7) is 1.86. The minimum Gasteiger partial charge on any atom is -0.341 e. The van der Waals surface area contributed by atoms with Gasteiger partial charge in [0, 0.05) is 32.1 Å². The Morgan fingerprint density at radius 3 is 2.71 bits per heavy atom. The third-order valence-corrected chi connectivity index (χ3v) is 7.28. The zero-order valence-corrected chi connectivity index (χ0v) is 14.3. The molecular formula is C16H22N4O3S. The summed E-state index contributed by atoms with van der Waals surface area (Å²) in [5.41, 5.74) is 0. The van der Waals surface area contributed by atoms with Crippen LogP contribution in [0.2, 0.25) is 0 Å². The summed E-state index contributed by atoms with van der Waals surface area (Å²) in [5, 5.41) is 0.112. The number of hydrogen-bond donors (Lipinski definition) is 1. The first-order chi connectivity index (χ1) is 11.6. The van der Waals surface area contributed by atoms with Crippen LogP contribution < -0.4 is 0 Å². The van der Waals surface area contributed by atoms with Crippen LogP contribution in [0.4, 0.5) is 0 Å². The van der Waals surface area contributed by atoms with Crippen molar-refractivity contribution in [3.63, 3.8) is 0 Å². The Labute approximate surface area is 141 Å². The third-order valence-electron chi connectivity index (χ3n) is 5.45. The highest BCUT2D eigenvalue weighted by atomic mass is 32.2. The van der Waals surface area contributed by atoms with E-state index < -0.39 is 10.0 Å². The number of fused-ring (bicyclic) bond motifs is 2. The maximum atomic E-state index is 12.8. The minimum atomic E-state index is -3.55. The largest absolute Gasteiger partial charge is 0.341 e. The van der Waals surface area contributed by atoms with Crippen molar-refractivity contribution in [1.82, 2.24) is 19.2 Å². The summed E-state index contributed by atoms with van der Waals surface area (Å²) in [7, 11) is -3.55. The highest BCUT2D eigenvalue weighted by Crippen LogP contribution is 2.44. The number of carbonyl (C=O) groups is 1. The first-order valence-electron chi connectivity index (χ1n) is 8.51. The Bertz CT molecular complexity index is 743. The van der Waals surface area contributed by atoms with Gasteiger partial charge in [-0.25, -0.2) is 13.4 Å². The summed E-state index contributed by atoms with van der Waals surface area (Å²) in [6.07, 6.45) is 9.82. The number of nitrogens with zero attached hydrogens (tertiary/aromatic N) is 3. The number of H-pyrrole nitrogens is 1. The van der Waals surface area contributed by atoms with Gasteiger partial charge in [-0.3, -0.25) is 4.79 Å². The van der Waals surface area contributed by atoms with Crippen molar-refractivity contribution < 1.29 is 13.2 Å². The third kappa shape index (κ3) is 2.67. The Hall–Kier alpha value is -1.67. The van der Waals surface area contributed by atoms with E-state index in [1.807, 2.05) is 4.90 Å². The van der Waals surface area contributed by atoms with Gasteiger partial charge in [0.2, 0.25) is 5.91 Å². The van der Waals surface area contributed by atoms with Crippen LogP contribution in [0.3, 0.4) is 0 Å². The predicted molar refractivity (Wildman–Crippen MR) is 87.4 cm³/mol. The van der Waals surface area contributed by atoms with E-state index in [0.29, 0.717) is 44.4 Å². The van der Waals surface area contributed by atoms with Crippen molar-refractivity contribution >= 4 is 15.9 Å². The van der Waals surface area contributed by atoms with E-state index in [2.05, 4.69) is 22.1 Å². The molecule has 2 heterocycles. The van der Waals surface area contributed by atoms with Crippen molar-refractivity contribution in [2.45, 2.75) is 24.3 Å². The summed E-state index contributed by atoms with van der Waals surface area (Å²) in [5.74, 6) is 1.24. The fourth-order valence-corrected chi connectivity index (χ4v) is 5.54. The molecular weight excluding hydrogens is 328 g/mol. The van der Waals surface area contributed by atoms with Crippen LogP contribution in [-0.2, 0) is 14.8 Å². The Balaban J connectivity index is 1.43. The molecule has 8 heteroatoms. The van der Waals surface area contributed by atoms with Crippen molar-refractivity contribution in [3.8, 4) is 0 Å². The molecule has 1 saturated carbocycles. The lowest BCUT2D eigenvalue weighted by molar-refractivity contribution is -0.136. The number of rotatable bonds is 3. The molecule has 1 aromatic rings. The van der Waals surface area contributed by atoms with Gasteiger partial charge >= 0.3 is 0 Å². The second kappa shape index (κ2) is 6.00. The molecule has 1 N–H and O–H groups in total. The van der Waals surface area contributed by atoms with Gasteiger partial charge in [0.25, 0.3) is 10.0 Å². The zero-order valence-electron chi connectivity index (χ0n) is 13.5. The predicted octanol–water partition coefficient (Wildman–Crippen LogP) is 0.845. The second-order valence-corrected chi connectivity index (χ2v) is 8.79. The van der Waals surface area contributed by atoms with Gasteiger partial charge in [0.15, 0.2) is 5.03 Å². The number of aromatic nitrogens is 2. The van der Waals surface area contributed by atoms with Gasteiger partial charge in [-0.2, -0.15) is 4.31 Å². The van der Waals surface area contributed by atoms with Gasteiger partial charge in [-0.1, -0.05) is 12.2 Å². The SMILES string of the molecule is O=C(C1CC2C=CC1C2)N1CCCN(S(=O)(=O)c2cnc[nH]2)CC1. The molecule has 2 fully saturated rings. The summed E-state index contributed by atoms with van der Waals surface area (Å²) < 4.78 is 26.6. The number of imidazole rings is 1. The van der Waals surface area contributed by atoms with Gasteiger partial charge in [0.1, 0.15) is 0 Å². The minimum absolute atomic E-state index is 0.0933. The van der Waals surface area contributed by atoms with E-state index in [1.54, 1.807) is 0 Å². The normalized spacial score (nSPS) is 30.7. The van der Waals surface area contributed by atoms with Crippen LogP contribution in [0.1, 0.15) is 19.3 Å². The number of aromatic amines is 1. The average molecular weight is 350 g/mol. The van der Waals surface area contributed by atoms with Crippen LogP contribution in [0, 0.1) is 17.8 Å². The molecule has 0 spiro atoms. The maximum Gasteiger partial charge on any atom is 0.260 e. The Morgan fingerprint density at radius 2 is 2.04 bits per heavy atom. The molecule has 3 aliphatic rings. The molecule has 1 amide bonds. The second-order valence-electron chi connectivity index (χ2n) is 6.89. The van der Waals surface area contributed by atoms with Crippen molar-refractivity contribution in [1.29, 1.82) is 0 Å². The highest BCUT2D eigenvalue weighted by Gasteiger charge is 2.42. The maximum absolute atomic E-state index is 12.8. The molecule has 3 atom stereocenters. The quantitative estimate of drug-likeness (QED) is 0.819. The molecule has 0 radical (unpaired) electrons. The molecule has 7 nitrogen and oxygen atoms in total. The first-order valence-corrected chi connectivity index (χ1v) is 9.95. The fourth-order valence-electron chi connectivity index (χ4n) is 4.18. The van der Waals surface area contributed by atoms with Gasteiger partial charge in [0.05, 0.1) is 12.5 Å². The molecule has 1 saturated heterocycles. The van der Waals surface area contributed by atoms with Crippen LogP contribution in [0.25, 0.3) is 0 Å². The topological polar surface area (TPSA) is 86.4 Å². The molecule has 3 unspecified atom stereocenters. The average Bonchev–Trinajstić information content (AvgIpc) is 3.29. The molecule has 130 valence electrons. The number of sulfonamides is 1. The zero-order chi connectivity index (χ0) is 16.7. The lowest BCUT2D eigenvalue weighted by atomic mass is 9.92. The molecule has 4 rings (SSSR count).